The Bertz CT molecular complexity index is 374. The number of hydrogen-bond acceptors (Lipinski definition) is 3. The number of anilines is 1. The number of nitrogens with two attached hydrogens (primary N) is 1. The molecule has 74 valence electrons. The highest BCUT2D eigenvalue weighted by Gasteiger charge is 1.99. The molecule has 0 heterocycles. The van der Waals surface area contributed by atoms with Crippen LogP contribution >= 0.6 is 11.8 Å². The van der Waals surface area contributed by atoms with E-state index in [9.17, 15) is 4.79 Å². The van der Waals surface area contributed by atoms with Crippen LogP contribution in [0.3, 0.4) is 0 Å². The highest BCUT2D eigenvalue weighted by Crippen LogP contribution is 2.26. The molecule has 0 aliphatic heterocycles. The number of carbonyl (C=O) groups is 1. The van der Waals surface area contributed by atoms with Crippen molar-refractivity contribution in [2.75, 3.05) is 5.73 Å². The number of carboxylic acids is 1. The summed E-state index contributed by atoms with van der Waals surface area (Å²) in [6, 6.07) is 5.57. The first-order valence-electron chi connectivity index (χ1n) is 4.02. The Morgan fingerprint density at radius 2 is 2.29 bits per heavy atom. The van der Waals surface area contributed by atoms with Crippen LogP contribution in [-0.4, -0.2) is 11.1 Å². The molecule has 14 heavy (non-hydrogen) atoms. The first kappa shape index (κ1) is 10.7. The third-order valence-corrected chi connectivity index (χ3v) is 2.70. The lowest BCUT2D eigenvalue weighted by Crippen LogP contribution is -1.90. The maximum atomic E-state index is 10.2. The van der Waals surface area contributed by atoms with Crippen molar-refractivity contribution in [3.8, 4) is 0 Å². The Morgan fingerprint density at radius 3 is 2.93 bits per heavy atom. The molecular formula is C10H11NO2S. The molecule has 0 radical (unpaired) electrons. The zero-order valence-corrected chi connectivity index (χ0v) is 8.54. The van der Waals surface area contributed by atoms with E-state index in [1.165, 1.54) is 17.2 Å². The van der Waals surface area contributed by atoms with E-state index in [0.29, 0.717) is 0 Å². The number of benzene rings is 1. The predicted molar refractivity (Wildman–Crippen MR) is 58.2 cm³/mol. The molecule has 0 amide bonds. The van der Waals surface area contributed by atoms with Gasteiger partial charge in [0.05, 0.1) is 0 Å². The molecule has 1 rings (SSSR count). The van der Waals surface area contributed by atoms with Crippen LogP contribution in [0.4, 0.5) is 5.69 Å². The van der Waals surface area contributed by atoms with Crippen LogP contribution in [0.25, 0.3) is 0 Å². The fourth-order valence-corrected chi connectivity index (χ4v) is 1.71. The summed E-state index contributed by atoms with van der Waals surface area (Å²) < 4.78 is 0. The predicted octanol–water partition coefficient (Wildman–Crippen LogP) is 2.27. The molecule has 0 atom stereocenters. The highest BCUT2D eigenvalue weighted by atomic mass is 32.2. The van der Waals surface area contributed by atoms with Gasteiger partial charge >= 0.3 is 5.97 Å². The van der Waals surface area contributed by atoms with E-state index in [0.717, 1.165) is 22.2 Å². The lowest BCUT2D eigenvalue weighted by Gasteiger charge is -2.04. The van der Waals surface area contributed by atoms with Crippen LogP contribution in [0.2, 0.25) is 0 Å². The minimum Gasteiger partial charge on any atom is -0.478 e. The van der Waals surface area contributed by atoms with Gasteiger partial charge in [-0.1, -0.05) is 17.8 Å². The standard InChI is InChI=1S/C10H11NO2S/c1-7-8(11)3-2-4-9(7)14-6-5-10(12)13/h2-6H,11H2,1H3,(H,12,13)/b6-5+. The van der Waals surface area contributed by atoms with Gasteiger partial charge in [-0.2, -0.15) is 0 Å². The summed E-state index contributed by atoms with van der Waals surface area (Å²) in [5.74, 6) is -0.945. The molecular weight excluding hydrogens is 198 g/mol. The molecule has 0 saturated heterocycles. The Balaban J connectivity index is 2.77. The molecule has 0 unspecified atom stereocenters. The van der Waals surface area contributed by atoms with Crippen LogP contribution in [0, 0.1) is 6.92 Å². The maximum Gasteiger partial charge on any atom is 0.328 e. The van der Waals surface area contributed by atoms with Crippen molar-refractivity contribution in [3.05, 3.63) is 35.2 Å². The molecule has 0 aliphatic rings. The van der Waals surface area contributed by atoms with E-state index in [2.05, 4.69) is 0 Å². The number of aliphatic carboxylic acids is 1. The Kier molecular flexibility index (Phi) is 3.59. The molecule has 0 saturated carbocycles. The largest absolute Gasteiger partial charge is 0.478 e. The van der Waals surface area contributed by atoms with E-state index >= 15 is 0 Å². The van der Waals surface area contributed by atoms with Gasteiger partial charge in [0, 0.05) is 16.7 Å². The summed E-state index contributed by atoms with van der Waals surface area (Å²) >= 11 is 1.35. The third-order valence-electron chi connectivity index (χ3n) is 1.73. The van der Waals surface area contributed by atoms with Crippen molar-refractivity contribution in [1.82, 2.24) is 0 Å². The Morgan fingerprint density at radius 1 is 1.57 bits per heavy atom. The van der Waals surface area contributed by atoms with Gasteiger partial charge in [0.25, 0.3) is 0 Å². The second-order valence-electron chi connectivity index (χ2n) is 2.73. The SMILES string of the molecule is Cc1c(N)cccc1S/C=C/C(=O)O. The first-order chi connectivity index (χ1) is 6.61. The van der Waals surface area contributed by atoms with Crippen molar-refractivity contribution in [2.24, 2.45) is 0 Å². The van der Waals surface area contributed by atoms with E-state index in [-0.39, 0.29) is 0 Å². The summed E-state index contributed by atoms with van der Waals surface area (Å²) in [5, 5.41) is 9.92. The van der Waals surface area contributed by atoms with Crippen LogP contribution < -0.4 is 5.73 Å². The normalized spacial score (nSPS) is 10.6. The van der Waals surface area contributed by atoms with Crippen LogP contribution in [0.1, 0.15) is 5.56 Å². The number of thioether (sulfide) groups is 1. The minimum atomic E-state index is -0.945. The van der Waals surface area contributed by atoms with Gasteiger partial charge in [0.2, 0.25) is 0 Å². The van der Waals surface area contributed by atoms with Gasteiger partial charge in [0.15, 0.2) is 0 Å². The summed E-state index contributed by atoms with van der Waals surface area (Å²) in [5.41, 5.74) is 7.40. The van der Waals surface area contributed by atoms with Gasteiger partial charge in [0.1, 0.15) is 0 Å². The van der Waals surface area contributed by atoms with Crippen molar-refractivity contribution < 1.29 is 9.90 Å². The van der Waals surface area contributed by atoms with Gasteiger partial charge < -0.3 is 10.8 Å². The quantitative estimate of drug-likeness (QED) is 0.455. The second-order valence-corrected chi connectivity index (χ2v) is 3.68. The first-order valence-corrected chi connectivity index (χ1v) is 4.90. The van der Waals surface area contributed by atoms with Gasteiger partial charge in [-0.25, -0.2) is 4.79 Å². The van der Waals surface area contributed by atoms with Crippen molar-refractivity contribution in [1.29, 1.82) is 0 Å². The van der Waals surface area contributed by atoms with Crippen LogP contribution in [0.15, 0.2) is 34.6 Å². The van der Waals surface area contributed by atoms with Crippen molar-refractivity contribution in [2.45, 2.75) is 11.8 Å². The topological polar surface area (TPSA) is 63.3 Å². The van der Waals surface area contributed by atoms with E-state index in [1.807, 2.05) is 25.1 Å². The number of hydrogen-bond donors (Lipinski definition) is 2. The maximum absolute atomic E-state index is 10.2. The Labute approximate surface area is 86.6 Å². The molecule has 0 fully saturated rings. The molecule has 0 spiro atoms. The number of nitrogen functional groups attached to an aromatic ring is 1. The van der Waals surface area contributed by atoms with Gasteiger partial charge in [-0.3, -0.25) is 0 Å². The smallest absolute Gasteiger partial charge is 0.328 e. The minimum absolute atomic E-state index is 0.721. The highest BCUT2D eigenvalue weighted by molar-refractivity contribution is 8.02. The second kappa shape index (κ2) is 4.72. The fourth-order valence-electron chi connectivity index (χ4n) is 0.925. The fraction of sp³-hybridized carbons (Fsp3) is 0.100. The Hall–Kier alpha value is -1.42. The van der Waals surface area contributed by atoms with Crippen molar-refractivity contribution in [3.63, 3.8) is 0 Å². The lowest BCUT2D eigenvalue weighted by atomic mass is 10.2. The van der Waals surface area contributed by atoms with E-state index in [4.69, 9.17) is 10.8 Å². The average molecular weight is 209 g/mol. The molecule has 0 aromatic heterocycles. The summed E-state index contributed by atoms with van der Waals surface area (Å²) in [6.07, 6.45) is 1.10. The number of carboxylic acid groups (broad SMARTS) is 1. The molecule has 0 bridgehead atoms. The number of rotatable bonds is 3. The molecule has 3 N–H and O–H groups in total. The van der Waals surface area contributed by atoms with Gasteiger partial charge in [-0.05, 0) is 30.0 Å². The zero-order valence-electron chi connectivity index (χ0n) is 7.73. The van der Waals surface area contributed by atoms with E-state index < -0.39 is 5.97 Å². The van der Waals surface area contributed by atoms with Gasteiger partial charge in [-0.15, -0.1) is 0 Å². The molecule has 1 aromatic rings. The lowest BCUT2D eigenvalue weighted by molar-refractivity contribution is -0.131. The third kappa shape index (κ3) is 2.81. The zero-order chi connectivity index (χ0) is 10.6. The molecule has 3 nitrogen and oxygen atoms in total. The van der Waals surface area contributed by atoms with Crippen molar-refractivity contribution >= 4 is 23.4 Å². The summed E-state index contributed by atoms with van der Waals surface area (Å²) in [4.78, 5) is 11.2. The monoisotopic (exact) mass is 209 g/mol. The van der Waals surface area contributed by atoms with Crippen LogP contribution in [-0.2, 0) is 4.79 Å². The summed E-state index contributed by atoms with van der Waals surface area (Å²) in [6.45, 7) is 1.91. The average Bonchev–Trinajstić information content (AvgIpc) is 2.12. The molecule has 0 aliphatic carbocycles. The van der Waals surface area contributed by atoms with E-state index in [1.54, 1.807) is 0 Å². The summed E-state index contributed by atoms with van der Waals surface area (Å²) in [7, 11) is 0. The molecule has 4 heteroatoms. The van der Waals surface area contributed by atoms with Crippen LogP contribution in [0.5, 0.6) is 0 Å². The molecule has 1 aromatic carbocycles.